The third kappa shape index (κ3) is 8.12. The molecule has 0 unspecified atom stereocenters. The summed E-state index contributed by atoms with van der Waals surface area (Å²) in [6.45, 7) is 1.37. The minimum absolute atomic E-state index is 0. The molecule has 47 heavy (non-hydrogen) atoms. The van der Waals surface area contributed by atoms with Gasteiger partial charge in [-0.1, -0.05) is 60.7 Å². The first-order valence-electron chi connectivity index (χ1n) is 14.2. The van der Waals surface area contributed by atoms with Gasteiger partial charge in [0.1, 0.15) is 30.2 Å². The first kappa shape index (κ1) is 34.6. The molecule has 0 radical (unpaired) electrons. The van der Waals surface area contributed by atoms with Crippen molar-refractivity contribution in [2.75, 3.05) is 6.61 Å². The number of halogens is 2. The molecule has 3 amide bonds. The number of rotatable bonds is 10. The van der Waals surface area contributed by atoms with Crippen LogP contribution in [0.4, 0.5) is 19.3 Å². The van der Waals surface area contributed by atoms with Crippen molar-refractivity contribution in [2.45, 2.75) is 31.3 Å². The largest absolute Gasteiger partial charge is 0.621 e. The Morgan fingerprint density at radius 2 is 1.66 bits per heavy atom. The van der Waals surface area contributed by atoms with Crippen molar-refractivity contribution in [3.05, 3.63) is 137 Å². The Hall–Kier alpha value is -5.29. The number of imide groups is 1. The van der Waals surface area contributed by atoms with Crippen molar-refractivity contribution in [2.24, 2.45) is 4.99 Å². The maximum atomic E-state index is 14.4. The zero-order valence-electron chi connectivity index (χ0n) is 24.7. The van der Waals surface area contributed by atoms with E-state index in [1.165, 1.54) is 25.3 Å². The number of pyridine rings is 1. The Morgan fingerprint density at radius 1 is 1.00 bits per heavy atom. The van der Waals surface area contributed by atoms with Crippen molar-refractivity contribution in [1.29, 1.82) is 0 Å². The van der Waals surface area contributed by atoms with E-state index in [0.717, 1.165) is 17.0 Å². The molecule has 244 valence electrons. The molecular weight excluding hydrogens is 657 g/mol. The zero-order chi connectivity index (χ0) is 32.8. The summed E-state index contributed by atoms with van der Waals surface area (Å²) >= 11 is 0. The smallest absolute Gasteiger partial charge is 0.417 e. The summed E-state index contributed by atoms with van der Waals surface area (Å²) in [6, 6.07) is 19.7. The molecule has 1 aliphatic rings. The van der Waals surface area contributed by atoms with Gasteiger partial charge in [-0.25, -0.2) is 23.3 Å². The van der Waals surface area contributed by atoms with Crippen LogP contribution in [-0.2, 0) is 30.8 Å². The van der Waals surface area contributed by atoms with E-state index in [1.54, 1.807) is 60.7 Å². The van der Waals surface area contributed by atoms with Gasteiger partial charge in [0.2, 0.25) is 5.91 Å². The van der Waals surface area contributed by atoms with Gasteiger partial charge in [0.15, 0.2) is 6.04 Å². The number of cyclic esters (lactones) is 1. The Bertz CT molecular complexity index is 1790. The van der Waals surface area contributed by atoms with Crippen LogP contribution < -0.4 is 0 Å². The monoisotopic (exact) mass is 683 g/mol. The number of amides is 3. The molecular formula is C34H27F2N4NiO6-. The van der Waals surface area contributed by atoms with E-state index in [1.807, 2.05) is 0 Å². The zero-order valence-corrected chi connectivity index (χ0v) is 25.7. The average molecular weight is 684 g/mol. The second-order valence-electron chi connectivity index (χ2n) is 10.4. The van der Waals surface area contributed by atoms with Crippen molar-refractivity contribution in [3.8, 4) is 0 Å². The van der Waals surface area contributed by atoms with Gasteiger partial charge >= 0.3 is 12.1 Å². The van der Waals surface area contributed by atoms with Gasteiger partial charge in [-0.05, 0) is 47.9 Å². The molecule has 4 aromatic rings. The SMILES string of the molecule is CC(=N[C@H](C(=O)O)[C@H](CC(=O)N1C(=O)OC[C@@H]1c1ccccc1)c1cc(F)cc(F)c1)c1ccccc1[N-]C(=O)c1ccccn1.[Ni]. The molecule has 0 aliphatic carbocycles. The minimum atomic E-state index is -1.75. The third-order valence-electron chi connectivity index (χ3n) is 7.40. The molecule has 0 bridgehead atoms. The van der Waals surface area contributed by atoms with E-state index in [2.05, 4.69) is 15.3 Å². The number of para-hydroxylation sites is 1. The summed E-state index contributed by atoms with van der Waals surface area (Å²) in [5, 5.41) is 14.5. The van der Waals surface area contributed by atoms with Crippen molar-refractivity contribution < 1.29 is 54.3 Å². The molecule has 1 aliphatic heterocycles. The first-order chi connectivity index (χ1) is 22.1. The number of carbonyl (C=O) groups excluding carboxylic acids is 3. The predicted octanol–water partition coefficient (Wildman–Crippen LogP) is 6.36. The summed E-state index contributed by atoms with van der Waals surface area (Å²) in [5.74, 6) is -6.35. The molecule has 1 N–H and O–H groups in total. The van der Waals surface area contributed by atoms with Gasteiger partial charge < -0.3 is 20.0 Å². The number of carboxylic acids is 1. The molecule has 3 atom stereocenters. The molecule has 10 nitrogen and oxygen atoms in total. The van der Waals surface area contributed by atoms with E-state index in [9.17, 15) is 33.1 Å². The van der Waals surface area contributed by atoms with E-state index in [4.69, 9.17) is 4.74 Å². The van der Waals surface area contributed by atoms with Crippen LogP contribution in [0.25, 0.3) is 5.32 Å². The summed E-state index contributed by atoms with van der Waals surface area (Å²) in [5.41, 5.74) is 1.16. The second-order valence-corrected chi connectivity index (χ2v) is 10.4. The first-order valence-corrected chi connectivity index (χ1v) is 14.2. The predicted molar refractivity (Wildman–Crippen MR) is 163 cm³/mol. The quantitative estimate of drug-likeness (QED) is 0.152. The number of nitrogens with zero attached hydrogens (tertiary/aromatic N) is 4. The fourth-order valence-electron chi connectivity index (χ4n) is 5.23. The summed E-state index contributed by atoms with van der Waals surface area (Å²) in [6.07, 6.45) is -0.138. The molecule has 0 saturated carbocycles. The number of hydrogen-bond acceptors (Lipinski definition) is 7. The van der Waals surface area contributed by atoms with Crippen LogP contribution in [0.5, 0.6) is 0 Å². The molecule has 2 heterocycles. The Kier molecular flexibility index (Phi) is 11.3. The van der Waals surface area contributed by atoms with Crippen molar-refractivity contribution in [1.82, 2.24) is 9.88 Å². The van der Waals surface area contributed by atoms with E-state index >= 15 is 0 Å². The Labute approximate surface area is 278 Å². The third-order valence-corrected chi connectivity index (χ3v) is 7.40. The number of aliphatic imine (C=N–C) groups is 1. The van der Waals surface area contributed by atoms with Gasteiger partial charge in [-0.3, -0.25) is 14.8 Å². The Morgan fingerprint density at radius 3 is 2.32 bits per heavy atom. The molecule has 5 rings (SSSR count). The normalized spacial score (nSPS) is 15.6. The van der Waals surface area contributed by atoms with Gasteiger partial charge in [-0.15, -0.1) is 5.69 Å². The number of hydrogen-bond donors (Lipinski definition) is 1. The van der Waals surface area contributed by atoms with Crippen molar-refractivity contribution in [3.63, 3.8) is 0 Å². The van der Waals surface area contributed by atoms with Crippen LogP contribution in [0.2, 0.25) is 0 Å². The molecule has 13 heteroatoms. The van der Waals surface area contributed by atoms with Gasteiger partial charge in [0.05, 0.1) is 5.69 Å². The van der Waals surface area contributed by atoms with E-state index < -0.39 is 59.9 Å². The molecule has 1 aromatic heterocycles. The fourth-order valence-corrected chi connectivity index (χ4v) is 5.23. The van der Waals surface area contributed by atoms with Gasteiger partial charge in [0, 0.05) is 46.8 Å². The van der Waals surface area contributed by atoms with Gasteiger partial charge in [-0.2, -0.15) is 0 Å². The van der Waals surface area contributed by atoms with Crippen molar-refractivity contribution >= 4 is 35.3 Å². The summed E-state index contributed by atoms with van der Waals surface area (Å²) in [4.78, 5) is 61.2. The average Bonchev–Trinajstić information content (AvgIpc) is 3.44. The van der Waals surface area contributed by atoms with Gasteiger partial charge in [0.25, 0.3) is 0 Å². The minimum Gasteiger partial charge on any atom is -0.621 e. The number of carboxylic acid groups (broad SMARTS) is 1. The van der Waals surface area contributed by atoms with Crippen LogP contribution >= 0.6 is 0 Å². The molecule has 3 aromatic carbocycles. The molecule has 1 fully saturated rings. The van der Waals surface area contributed by atoms with Crippen LogP contribution in [0.1, 0.15) is 52.5 Å². The maximum absolute atomic E-state index is 14.4. The fraction of sp³-hybridized carbons (Fsp3) is 0.176. The van der Waals surface area contributed by atoms with E-state index in [0.29, 0.717) is 17.2 Å². The second kappa shape index (κ2) is 15.3. The Balaban J connectivity index is 0.00000500. The number of aliphatic carboxylic acids is 1. The van der Waals surface area contributed by atoms with Crippen LogP contribution in [0, 0.1) is 11.6 Å². The van der Waals surface area contributed by atoms with Crippen LogP contribution in [0.3, 0.4) is 0 Å². The standard InChI is InChI=1S/C34H28F2N4O6.Ni/c1-20(25-11-5-6-12-27(25)39-32(42)28-13-7-8-14-37-28)38-31(33(43)44)26(22-15-23(35)17-24(36)16-22)18-30(41)40-29(19-46-34(40)45)21-9-3-2-4-10-21;/h2-17,26,29,31H,18-19H2,1H3,(H2,38,39,42,43,44);/p-1/t26-,29-,31+;/m1./s1. The van der Waals surface area contributed by atoms with Crippen LogP contribution in [-0.4, -0.2) is 57.2 Å². The molecule has 0 spiro atoms. The molecule has 1 saturated heterocycles. The topological polar surface area (TPSA) is 140 Å². The number of benzene rings is 3. The number of carbonyl (C=O) groups is 4. The van der Waals surface area contributed by atoms with E-state index in [-0.39, 0.29) is 45.8 Å². The number of ether oxygens (including phenoxy) is 1. The maximum Gasteiger partial charge on any atom is 0.417 e. The summed E-state index contributed by atoms with van der Waals surface area (Å²) in [7, 11) is 0. The summed E-state index contributed by atoms with van der Waals surface area (Å²) < 4.78 is 34.0. The van der Waals surface area contributed by atoms with Crippen LogP contribution in [0.15, 0.2) is 102 Å². The number of aromatic nitrogens is 1.